The van der Waals surface area contributed by atoms with Crippen LogP contribution in [-0.4, -0.2) is 42.0 Å². The Morgan fingerprint density at radius 3 is 2.74 bits per heavy atom. The molecule has 2 aromatic heterocycles. The molecule has 0 saturated heterocycles. The lowest BCUT2D eigenvalue weighted by Crippen LogP contribution is -2.14. The number of carbonyl (C=O) groups excluding carboxylic acids is 1. The number of thioether (sulfide) groups is 1. The summed E-state index contributed by atoms with van der Waals surface area (Å²) in [6.45, 7) is 1.76. The Labute approximate surface area is 135 Å². The van der Waals surface area contributed by atoms with Crippen LogP contribution in [0.15, 0.2) is 33.9 Å². The molecule has 0 aliphatic rings. The van der Waals surface area contributed by atoms with Crippen molar-refractivity contribution in [2.45, 2.75) is 12.1 Å². The Kier molecular flexibility index (Phi) is 4.33. The number of nitrogens with zero attached hydrogens (tertiary/aromatic N) is 6. The van der Waals surface area contributed by atoms with Gasteiger partial charge >= 0.3 is 0 Å². The number of aromatic nitrogens is 6. The van der Waals surface area contributed by atoms with Crippen LogP contribution in [-0.2, 0) is 11.8 Å². The summed E-state index contributed by atoms with van der Waals surface area (Å²) in [6, 6.07) is 7.17. The van der Waals surface area contributed by atoms with Gasteiger partial charge in [-0.25, -0.2) is 4.68 Å². The van der Waals surface area contributed by atoms with Gasteiger partial charge in [0.25, 0.3) is 5.89 Å². The van der Waals surface area contributed by atoms with Crippen molar-refractivity contribution in [1.82, 2.24) is 30.3 Å². The van der Waals surface area contributed by atoms with Crippen LogP contribution in [0.4, 0.5) is 5.69 Å². The molecule has 10 heteroatoms. The highest BCUT2D eigenvalue weighted by Crippen LogP contribution is 2.20. The van der Waals surface area contributed by atoms with Gasteiger partial charge < -0.3 is 9.84 Å². The zero-order valence-corrected chi connectivity index (χ0v) is 13.2. The van der Waals surface area contributed by atoms with Gasteiger partial charge in [-0.15, -0.1) is 5.10 Å². The molecule has 0 radical (unpaired) electrons. The number of anilines is 1. The maximum Gasteiger partial charge on any atom is 0.257 e. The third kappa shape index (κ3) is 3.72. The van der Waals surface area contributed by atoms with Gasteiger partial charge in [0.1, 0.15) is 0 Å². The van der Waals surface area contributed by atoms with Gasteiger partial charge in [0.15, 0.2) is 5.82 Å². The molecule has 0 spiro atoms. The number of hydrogen-bond acceptors (Lipinski definition) is 8. The fourth-order valence-corrected chi connectivity index (χ4v) is 2.43. The summed E-state index contributed by atoms with van der Waals surface area (Å²) in [5, 5.41) is 18.2. The van der Waals surface area contributed by atoms with Crippen molar-refractivity contribution < 1.29 is 9.32 Å². The van der Waals surface area contributed by atoms with Crippen molar-refractivity contribution in [3.8, 4) is 11.5 Å². The zero-order chi connectivity index (χ0) is 16.2. The fraction of sp³-hybridized carbons (Fsp3) is 0.231. The van der Waals surface area contributed by atoms with Crippen LogP contribution in [0.3, 0.4) is 0 Å². The minimum atomic E-state index is -0.139. The van der Waals surface area contributed by atoms with Crippen LogP contribution in [0.25, 0.3) is 11.5 Å². The van der Waals surface area contributed by atoms with E-state index in [9.17, 15) is 4.79 Å². The van der Waals surface area contributed by atoms with Crippen LogP contribution in [0.2, 0.25) is 0 Å². The maximum absolute atomic E-state index is 11.9. The molecule has 0 atom stereocenters. The van der Waals surface area contributed by atoms with Crippen LogP contribution in [0.1, 0.15) is 5.82 Å². The minimum Gasteiger partial charge on any atom is -0.334 e. The van der Waals surface area contributed by atoms with E-state index in [-0.39, 0.29) is 11.7 Å². The molecule has 2 heterocycles. The topological polar surface area (TPSA) is 112 Å². The average Bonchev–Trinajstić information content (AvgIpc) is 3.15. The normalized spacial score (nSPS) is 10.7. The lowest BCUT2D eigenvalue weighted by Gasteiger charge is -2.05. The van der Waals surface area contributed by atoms with Crippen molar-refractivity contribution in [2.75, 3.05) is 11.1 Å². The van der Waals surface area contributed by atoms with E-state index in [0.29, 0.717) is 22.6 Å². The number of hydrogen-bond donors (Lipinski definition) is 1. The first-order valence-corrected chi connectivity index (χ1v) is 7.66. The highest BCUT2D eigenvalue weighted by atomic mass is 32.2. The lowest BCUT2D eigenvalue weighted by atomic mass is 10.2. The van der Waals surface area contributed by atoms with Gasteiger partial charge in [-0.05, 0) is 41.6 Å². The first-order valence-electron chi connectivity index (χ1n) is 6.67. The summed E-state index contributed by atoms with van der Waals surface area (Å²) in [7, 11) is 1.72. The van der Waals surface area contributed by atoms with E-state index < -0.39 is 0 Å². The number of aryl methyl sites for hydroxylation is 2. The lowest BCUT2D eigenvalue weighted by molar-refractivity contribution is -0.113. The Morgan fingerprint density at radius 1 is 1.35 bits per heavy atom. The summed E-state index contributed by atoms with van der Waals surface area (Å²) >= 11 is 1.27. The highest BCUT2D eigenvalue weighted by molar-refractivity contribution is 7.99. The molecule has 0 aliphatic heterocycles. The number of tetrazole rings is 1. The van der Waals surface area contributed by atoms with Gasteiger partial charge in [-0.2, -0.15) is 4.98 Å². The SMILES string of the molecule is Cc1noc(-c2ccc(NC(=O)CSc3nnnn3C)cc2)n1. The van der Waals surface area contributed by atoms with E-state index >= 15 is 0 Å². The van der Waals surface area contributed by atoms with Gasteiger partial charge in [0.2, 0.25) is 11.1 Å². The predicted molar refractivity (Wildman–Crippen MR) is 82.6 cm³/mol. The molecule has 0 saturated carbocycles. The Bertz CT molecular complexity index is 812. The van der Waals surface area contributed by atoms with Crippen LogP contribution in [0, 0.1) is 6.92 Å². The summed E-state index contributed by atoms with van der Waals surface area (Å²) in [5.74, 6) is 1.11. The Balaban J connectivity index is 1.57. The van der Waals surface area contributed by atoms with E-state index in [1.165, 1.54) is 16.4 Å². The second-order valence-corrected chi connectivity index (χ2v) is 5.59. The van der Waals surface area contributed by atoms with Crippen LogP contribution in [0.5, 0.6) is 0 Å². The average molecular weight is 331 g/mol. The molecule has 1 aromatic carbocycles. The first-order chi connectivity index (χ1) is 11.1. The summed E-state index contributed by atoms with van der Waals surface area (Å²) in [5.41, 5.74) is 1.48. The zero-order valence-electron chi connectivity index (χ0n) is 12.4. The van der Waals surface area contributed by atoms with E-state index in [1.54, 1.807) is 26.1 Å². The highest BCUT2D eigenvalue weighted by Gasteiger charge is 2.09. The van der Waals surface area contributed by atoms with Crippen molar-refractivity contribution in [1.29, 1.82) is 0 Å². The minimum absolute atomic E-state index is 0.139. The number of rotatable bonds is 5. The molecular weight excluding hydrogens is 318 g/mol. The fourth-order valence-electron chi connectivity index (χ4n) is 1.78. The molecule has 23 heavy (non-hydrogen) atoms. The molecular formula is C13H13N7O2S. The molecule has 1 N–H and O–H groups in total. The van der Waals surface area contributed by atoms with Gasteiger partial charge in [0.05, 0.1) is 5.75 Å². The van der Waals surface area contributed by atoms with Crippen molar-refractivity contribution in [3.63, 3.8) is 0 Å². The van der Waals surface area contributed by atoms with Crippen molar-refractivity contribution in [3.05, 3.63) is 30.1 Å². The monoisotopic (exact) mass is 331 g/mol. The molecule has 3 rings (SSSR count). The Hall–Kier alpha value is -2.75. The van der Waals surface area contributed by atoms with Gasteiger partial charge in [-0.3, -0.25) is 4.79 Å². The van der Waals surface area contributed by atoms with Gasteiger partial charge in [0, 0.05) is 18.3 Å². The maximum atomic E-state index is 11.9. The van der Waals surface area contributed by atoms with E-state index in [2.05, 4.69) is 31.0 Å². The Morgan fingerprint density at radius 2 is 2.13 bits per heavy atom. The number of benzene rings is 1. The number of amides is 1. The molecule has 1 amide bonds. The quantitative estimate of drug-likeness (QED) is 0.696. The predicted octanol–water partition coefficient (Wildman–Crippen LogP) is 1.30. The van der Waals surface area contributed by atoms with E-state index in [4.69, 9.17) is 4.52 Å². The summed E-state index contributed by atoms with van der Waals surface area (Å²) in [6.07, 6.45) is 0. The van der Waals surface area contributed by atoms with E-state index in [1.807, 2.05) is 12.1 Å². The van der Waals surface area contributed by atoms with Crippen LogP contribution < -0.4 is 5.32 Å². The van der Waals surface area contributed by atoms with Crippen LogP contribution >= 0.6 is 11.8 Å². The second kappa shape index (κ2) is 6.57. The van der Waals surface area contributed by atoms with Crippen molar-refractivity contribution >= 4 is 23.4 Å². The first kappa shape index (κ1) is 15.2. The third-order valence-corrected chi connectivity index (χ3v) is 3.87. The van der Waals surface area contributed by atoms with Gasteiger partial charge in [-0.1, -0.05) is 16.9 Å². The molecule has 9 nitrogen and oxygen atoms in total. The number of nitrogens with one attached hydrogen (secondary N) is 1. The smallest absolute Gasteiger partial charge is 0.257 e. The van der Waals surface area contributed by atoms with E-state index in [0.717, 1.165) is 5.56 Å². The molecule has 3 aromatic rings. The molecule has 0 bridgehead atoms. The summed E-state index contributed by atoms with van der Waals surface area (Å²) in [4.78, 5) is 16.1. The molecule has 0 unspecified atom stereocenters. The summed E-state index contributed by atoms with van der Waals surface area (Å²) < 4.78 is 6.60. The van der Waals surface area contributed by atoms with Crippen molar-refractivity contribution in [2.24, 2.45) is 7.05 Å². The number of carbonyl (C=O) groups is 1. The third-order valence-electron chi connectivity index (χ3n) is 2.86. The molecule has 118 valence electrons. The molecule has 0 fully saturated rings. The largest absolute Gasteiger partial charge is 0.334 e. The standard InChI is InChI=1S/C13H13N7O2S/c1-8-14-12(22-17-8)9-3-5-10(6-4-9)15-11(21)7-23-13-16-18-19-20(13)2/h3-6H,7H2,1-2H3,(H,15,21). The molecule has 0 aliphatic carbocycles. The second-order valence-electron chi connectivity index (χ2n) is 4.65.